The predicted octanol–water partition coefficient (Wildman–Crippen LogP) is 1.24. The zero-order chi connectivity index (χ0) is 14.2. The van der Waals surface area contributed by atoms with E-state index in [1.165, 1.54) is 19.9 Å². The number of rotatable bonds is 5. The van der Waals surface area contributed by atoms with Gasteiger partial charge in [-0.25, -0.2) is 13.1 Å². The first kappa shape index (κ1) is 13.9. The summed E-state index contributed by atoms with van der Waals surface area (Å²) in [6.07, 6.45) is 3.80. The Morgan fingerprint density at radius 1 is 1.25 bits per heavy atom. The second-order valence-corrected chi connectivity index (χ2v) is 7.48. The fourth-order valence-corrected chi connectivity index (χ4v) is 3.56. The molecule has 1 aliphatic carbocycles. The zero-order valence-corrected chi connectivity index (χ0v) is 12.5. The van der Waals surface area contributed by atoms with Gasteiger partial charge < -0.3 is 5.32 Å². The number of sulfonamides is 1. The molecule has 1 saturated heterocycles. The van der Waals surface area contributed by atoms with Crippen molar-refractivity contribution in [1.29, 1.82) is 0 Å². The van der Waals surface area contributed by atoms with E-state index >= 15 is 0 Å². The van der Waals surface area contributed by atoms with Crippen molar-refractivity contribution in [2.45, 2.75) is 36.2 Å². The van der Waals surface area contributed by atoms with Gasteiger partial charge in [-0.3, -0.25) is 4.90 Å². The van der Waals surface area contributed by atoms with E-state index in [1.807, 2.05) is 6.07 Å². The number of nitrogens with one attached hydrogen (secondary N) is 2. The molecule has 0 spiro atoms. The third-order valence-electron chi connectivity index (χ3n) is 4.07. The molecule has 1 saturated carbocycles. The van der Waals surface area contributed by atoms with E-state index in [0.717, 1.165) is 31.2 Å². The van der Waals surface area contributed by atoms with E-state index in [4.69, 9.17) is 0 Å². The van der Waals surface area contributed by atoms with Crippen LogP contribution in [0.1, 0.15) is 19.3 Å². The molecule has 2 aliphatic rings. The molecule has 2 fully saturated rings. The molecule has 3 rings (SSSR count). The lowest BCUT2D eigenvalue weighted by molar-refractivity contribution is 0.326. The summed E-state index contributed by atoms with van der Waals surface area (Å²) in [5.41, 5.74) is 0.879. The molecule has 1 aromatic rings. The number of nitrogens with zero attached hydrogens (tertiary/aromatic N) is 1. The lowest BCUT2D eigenvalue weighted by atomic mass is 10.2. The van der Waals surface area contributed by atoms with Crippen LogP contribution in [-0.2, 0) is 10.0 Å². The third kappa shape index (κ3) is 2.97. The molecule has 20 heavy (non-hydrogen) atoms. The quantitative estimate of drug-likeness (QED) is 0.858. The summed E-state index contributed by atoms with van der Waals surface area (Å²) >= 11 is 0. The van der Waals surface area contributed by atoms with Gasteiger partial charge in [0.25, 0.3) is 0 Å². The smallest absolute Gasteiger partial charge is 0.240 e. The van der Waals surface area contributed by atoms with E-state index in [1.54, 1.807) is 18.2 Å². The van der Waals surface area contributed by atoms with Gasteiger partial charge in [-0.1, -0.05) is 6.07 Å². The van der Waals surface area contributed by atoms with Gasteiger partial charge in [0.05, 0.1) is 4.90 Å². The van der Waals surface area contributed by atoms with Crippen LogP contribution in [0.15, 0.2) is 29.2 Å². The van der Waals surface area contributed by atoms with Crippen molar-refractivity contribution in [3.63, 3.8) is 0 Å². The average Bonchev–Trinajstić information content (AvgIpc) is 3.20. The largest absolute Gasteiger partial charge is 0.381 e. The molecule has 1 heterocycles. The minimum Gasteiger partial charge on any atom is -0.381 e. The lowest BCUT2D eigenvalue weighted by Crippen LogP contribution is -2.27. The van der Waals surface area contributed by atoms with Crippen molar-refractivity contribution in [3.8, 4) is 0 Å². The minimum absolute atomic E-state index is 0.307. The molecule has 0 radical (unpaired) electrons. The highest BCUT2D eigenvalue weighted by atomic mass is 32.2. The fourth-order valence-electron chi connectivity index (χ4n) is 2.78. The standard InChI is InChI=1S/C14H21N3O2S/c1-15-20(18,19)14-4-2-3-11(9-14)16-12-7-8-17(10-12)13-5-6-13/h2-4,9,12-13,15-16H,5-8,10H2,1H3. The predicted molar refractivity (Wildman–Crippen MR) is 79.3 cm³/mol. The Balaban J connectivity index is 1.67. The van der Waals surface area contributed by atoms with Crippen LogP contribution in [0.25, 0.3) is 0 Å². The van der Waals surface area contributed by atoms with Gasteiger partial charge in [0.2, 0.25) is 10.0 Å². The molecule has 5 nitrogen and oxygen atoms in total. The van der Waals surface area contributed by atoms with Crippen molar-refractivity contribution in [2.24, 2.45) is 0 Å². The van der Waals surface area contributed by atoms with Crippen LogP contribution in [0.3, 0.4) is 0 Å². The highest BCUT2D eigenvalue weighted by Crippen LogP contribution is 2.30. The zero-order valence-electron chi connectivity index (χ0n) is 11.7. The molecule has 1 aliphatic heterocycles. The first-order valence-corrected chi connectivity index (χ1v) is 8.61. The molecule has 6 heteroatoms. The van der Waals surface area contributed by atoms with Crippen LogP contribution in [0.5, 0.6) is 0 Å². The molecule has 1 atom stereocenters. The molecular weight excluding hydrogens is 274 g/mol. The topological polar surface area (TPSA) is 61.4 Å². The first-order valence-electron chi connectivity index (χ1n) is 7.13. The van der Waals surface area contributed by atoms with E-state index < -0.39 is 10.0 Å². The minimum atomic E-state index is -3.37. The van der Waals surface area contributed by atoms with Gasteiger partial charge in [0, 0.05) is 30.9 Å². The molecule has 0 bridgehead atoms. The number of benzene rings is 1. The van der Waals surface area contributed by atoms with E-state index in [0.29, 0.717) is 10.9 Å². The molecule has 0 aromatic heterocycles. The van der Waals surface area contributed by atoms with Gasteiger partial charge in [0.15, 0.2) is 0 Å². The normalized spacial score (nSPS) is 23.9. The Morgan fingerprint density at radius 3 is 2.75 bits per heavy atom. The Morgan fingerprint density at radius 2 is 2.05 bits per heavy atom. The maximum Gasteiger partial charge on any atom is 0.240 e. The molecule has 2 N–H and O–H groups in total. The Bertz CT molecular complexity index is 584. The Kier molecular flexibility index (Phi) is 3.70. The van der Waals surface area contributed by atoms with Gasteiger partial charge in [-0.15, -0.1) is 0 Å². The Hall–Kier alpha value is -1.11. The van der Waals surface area contributed by atoms with E-state index in [9.17, 15) is 8.42 Å². The maximum absolute atomic E-state index is 11.8. The summed E-state index contributed by atoms with van der Waals surface area (Å²) in [6, 6.07) is 8.24. The maximum atomic E-state index is 11.8. The van der Waals surface area contributed by atoms with Gasteiger partial charge in [-0.2, -0.15) is 0 Å². The number of anilines is 1. The van der Waals surface area contributed by atoms with Crippen molar-refractivity contribution in [1.82, 2.24) is 9.62 Å². The van der Waals surface area contributed by atoms with Crippen molar-refractivity contribution >= 4 is 15.7 Å². The van der Waals surface area contributed by atoms with Crippen molar-refractivity contribution in [2.75, 3.05) is 25.5 Å². The van der Waals surface area contributed by atoms with Crippen LogP contribution in [-0.4, -0.2) is 45.5 Å². The van der Waals surface area contributed by atoms with Gasteiger partial charge in [0.1, 0.15) is 0 Å². The monoisotopic (exact) mass is 295 g/mol. The lowest BCUT2D eigenvalue weighted by Gasteiger charge is -2.17. The van der Waals surface area contributed by atoms with Crippen LogP contribution >= 0.6 is 0 Å². The molecule has 110 valence electrons. The fraction of sp³-hybridized carbons (Fsp3) is 0.571. The number of likely N-dealkylation sites (tertiary alicyclic amines) is 1. The second kappa shape index (κ2) is 5.35. The first-order chi connectivity index (χ1) is 9.58. The molecular formula is C14H21N3O2S. The SMILES string of the molecule is CNS(=O)(=O)c1cccc(NC2CCN(C3CC3)C2)c1. The summed E-state index contributed by atoms with van der Waals surface area (Å²) in [7, 11) is -1.94. The van der Waals surface area contributed by atoms with E-state index in [2.05, 4.69) is 14.9 Å². The molecule has 1 aromatic carbocycles. The second-order valence-electron chi connectivity index (χ2n) is 5.59. The third-order valence-corrected chi connectivity index (χ3v) is 5.48. The van der Waals surface area contributed by atoms with Gasteiger partial charge >= 0.3 is 0 Å². The van der Waals surface area contributed by atoms with Gasteiger partial charge in [-0.05, 0) is 44.5 Å². The summed E-state index contributed by atoms with van der Waals surface area (Å²) in [5.74, 6) is 0. The summed E-state index contributed by atoms with van der Waals surface area (Å²) < 4.78 is 25.9. The number of hydrogen-bond acceptors (Lipinski definition) is 4. The van der Waals surface area contributed by atoms with Crippen LogP contribution < -0.4 is 10.0 Å². The van der Waals surface area contributed by atoms with Crippen LogP contribution in [0.4, 0.5) is 5.69 Å². The highest BCUT2D eigenvalue weighted by Gasteiger charge is 2.34. The summed E-state index contributed by atoms with van der Waals surface area (Å²) in [4.78, 5) is 2.84. The highest BCUT2D eigenvalue weighted by molar-refractivity contribution is 7.89. The van der Waals surface area contributed by atoms with E-state index in [-0.39, 0.29) is 0 Å². The number of hydrogen-bond donors (Lipinski definition) is 2. The van der Waals surface area contributed by atoms with Crippen LogP contribution in [0, 0.1) is 0 Å². The summed E-state index contributed by atoms with van der Waals surface area (Å²) in [6.45, 7) is 2.21. The Labute approximate surface area is 120 Å². The molecule has 1 unspecified atom stereocenters. The molecule has 0 amide bonds. The average molecular weight is 295 g/mol. The van der Waals surface area contributed by atoms with Crippen molar-refractivity contribution in [3.05, 3.63) is 24.3 Å². The van der Waals surface area contributed by atoms with Crippen molar-refractivity contribution < 1.29 is 8.42 Å². The summed E-state index contributed by atoms with van der Waals surface area (Å²) in [5, 5.41) is 3.46. The van der Waals surface area contributed by atoms with Crippen LogP contribution in [0.2, 0.25) is 0 Å².